The van der Waals surface area contributed by atoms with Gasteiger partial charge >= 0.3 is 5.97 Å². The Bertz CT molecular complexity index is 1360. The summed E-state index contributed by atoms with van der Waals surface area (Å²) in [5.74, 6) is -1.02. The zero-order valence-electron chi connectivity index (χ0n) is 17.5. The summed E-state index contributed by atoms with van der Waals surface area (Å²) >= 11 is 1.28. The highest BCUT2D eigenvalue weighted by Crippen LogP contribution is 2.40. The van der Waals surface area contributed by atoms with Crippen molar-refractivity contribution in [1.29, 1.82) is 0 Å². The molecule has 0 aliphatic rings. The Morgan fingerprint density at radius 2 is 1.81 bits per heavy atom. The predicted molar refractivity (Wildman–Crippen MR) is 123 cm³/mol. The van der Waals surface area contributed by atoms with Crippen molar-refractivity contribution in [3.8, 4) is 11.1 Å². The Hall–Kier alpha value is -3.85. The predicted octanol–water partition coefficient (Wildman–Crippen LogP) is 3.64. The van der Waals surface area contributed by atoms with Gasteiger partial charge in [-0.05, 0) is 31.5 Å². The Morgan fingerprint density at radius 1 is 1.09 bits per heavy atom. The van der Waals surface area contributed by atoms with E-state index in [2.05, 4.69) is 15.6 Å². The molecule has 4 aromatic rings. The van der Waals surface area contributed by atoms with Gasteiger partial charge in [0, 0.05) is 10.4 Å². The Labute approximate surface area is 187 Å². The first-order chi connectivity index (χ1) is 15.5. The van der Waals surface area contributed by atoms with E-state index in [0.717, 1.165) is 15.1 Å². The van der Waals surface area contributed by atoms with Crippen molar-refractivity contribution < 1.29 is 14.3 Å². The van der Waals surface area contributed by atoms with E-state index in [4.69, 9.17) is 4.74 Å². The van der Waals surface area contributed by atoms with E-state index >= 15 is 0 Å². The first-order valence-electron chi connectivity index (χ1n) is 9.98. The van der Waals surface area contributed by atoms with Gasteiger partial charge in [0.1, 0.15) is 22.6 Å². The third kappa shape index (κ3) is 4.15. The largest absolute Gasteiger partial charge is 0.462 e. The van der Waals surface area contributed by atoms with E-state index in [1.165, 1.54) is 11.3 Å². The van der Waals surface area contributed by atoms with Crippen LogP contribution in [0, 0.1) is 6.92 Å². The maximum atomic E-state index is 12.8. The molecule has 9 heteroatoms. The van der Waals surface area contributed by atoms with Crippen molar-refractivity contribution in [2.24, 2.45) is 0 Å². The zero-order chi connectivity index (χ0) is 22.7. The van der Waals surface area contributed by atoms with E-state index in [9.17, 15) is 14.4 Å². The summed E-state index contributed by atoms with van der Waals surface area (Å²) in [6.45, 7) is 3.47. The second-order valence-corrected chi connectivity index (χ2v) is 8.17. The molecule has 2 aromatic carbocycles. The molecule has 0 atom stereocenters. The van der Waals surface area contributed by atoms with Crippen molar-refractivity contribution >= 4 is 39.1 Å². The first kappa shape index (κ1) is 21.4. The topological polar surface area (TPSA) is 103 Å². The van der Waals surface area contributed by atoms with Crippen molar-refractivity contribution in [2.75, 3.05) is 11.9 Å². The van der Waals surface area contributed by atoms with Crippen LogP contribution in [0.1, 0.15) is 22.2 Å². The number of esters is 1. The Kier molecular flexibility index (Phi) is 6.09. The number of aryl methyl sites for hydroxylation is 1. The van der Waals surface area contributed by atoms with E-state index in [0.29, 0.717) is 27.0 Å². The van der Waals surface area contributed by atoms with Gasteiger partial charge in [0.25, 0.3) is 5.56 Å². The molecule has 162 valence electrons. The fraction of sp³-hybridized carbons (Fsp3) is 0.174. The van der Waals surface area contributed by atoms with E-state index in [1.54, 1.807) is 31.2 Å². The molecular weight excluding hydrogens is 428 g/mol. The van der Waals surface area contributed by atoms with Gasteiger partial charge in [0.05, 0.1) is 12.0 Å². The number of carbonyl (C=O) groups is 2. The second-order valence-electron chi connectivity index (χ2n) is 6.94. The summed E-state index contributed by atoms with van der Waals surface area (Å²) in [4.78, 5) is 39.0. The highest BCUT2D eigenvalue weighted by molar-refractivity contribution is 7.17. The molecule has 0 aliphatic carbocycles. The van der Waals surface area contributed by atoms with E-state index in [1.807, 2.05) is 37.3 Å². The number of ether oxygens (including phenoxy) is 1. The Balaban J connectivity index is 1.67. The minimum Gasteiger partial charge on any atom is -0.462 e. The third-order valence-electron chi connectivity index (χ3n) is 4.80. The van der Waals surface area contributed by atoms with Crippen molar-refractivity contribution in [3.63, 3.8) is 0 Å². The fourth-order valence-corrected chi connectivity index (χ4v) is 4.49. The zero-order valence-corrected chi connectivity index (χ0v) is 18.3. The lowest BCUT2D eigenvalue weighted by Gasteiger charge is -2.09. The molecular formula is C23H20N4O4S. The summed E-state index contributed by atoms with van der Waals surface area (Å²) in [5, 5.41) is 11.3. The highest BCUT2D eigenvalue weighted by Gasteiger charge is 2.25. The number of nitrogens with zero attached hydrogens (tertiary/aromatic N) is 3. The maximum Gasteiger partial charge on any atom is 0.341 e. The number of rotatable bonds is 6. The minimum atomic E-state index is -0.520. The standard InChI is InChI=1S/C23H20N4O4S/c1-3-31-23(30)20-19(15-9-5-4-6-10-15)14(2)32-21(20)24-18(28)13-27-22(29)16-11-7-8-12-17(16)25-26-27/h4-12H,3,13H2,1-2H3,(H,24,28). The quantitative estimate of drug-likeness (QED) is 0.452. The minimum absolute atomic E-state index is 0.206. The number of nitrogens with one attached hydrogen (secondary N) is 1. The average Bonchev–Trinajstić information content (AvgIpc) is 3.12. The summed E-state index contributed by atoms with van der Waals surface area (Å²) in [5.41, 5.74) is 1.91. The molecule has 0 saturated heterocycles. The molecule has 0 unspecified atom stereocenters. The molecule has 0 bridgehead atoms. The molecule has 2 heterocycles. The molecule has 0 fully saturated rings. The number of benzene rings is 2. The maximum absolute atomic E-state index is 12.8. The number of aromatic nitrogens is 3. The molecule has 0 saturated carbocycles. The van der Waals surface area contributed by atoms with Gasteiger partial charge in [0.2, 0.25) is 5.91 Å². The number of fused-ring (bicyclic) bond motifs is 1. The molecule has 1 amide bonds. The van der Waals surface area contributed by atoms with Gasteiger partial charge in [-0.25, -0.2) is 9.48 Å². The molecule has 4 rings (SSSR count). The van der Waals surface area contributed by atoms with Crippen molar-refractivity contribution in [2.45, 2.75) is 20.4 Å². The van der Waals surface area contributed by atoms with Gasteiger partial charge in [-0.1, -0.05) is 47.7 Å². The number of hydrogen-bond acceptors (Lipinski definition) is 7. The number of carbonyl (C=O) groups excluding carboxylic acids is 2. The summed E-state index contributed by atoms with van der Waals surface area (Å²) in [6, 6.07) is 16.2. The molecule has 0 spiro atoms. The van der Waals surface area contributed by atoms with Crippen LogP contribution in [0.5, 0.6) is 0 Å². The number of thiophene rings is 1. The number of hydrogen-bond donors (Lipinski definition) is 1. The highest BCUT2D eigenvalue weighted by atomic mass is 32.1. The van der Waals surface area contributed by atoms with Crippen LogP contribution in [0.4, 0.5) is 5.00 Å². The average molecular weight is 449 g/mol. The van der Waals surface area contributed by atoms with Gasteiger partial charge in [0.15, 0.2) is 0 Å². The van der Waals surface area contributed by atoms with Crippen molar-refractivity contribution in [3.05, 3.63) is 75.4 Å². The Morgan fingerprint density at radius 3 is 2.56 bits per heavy atom. The van der Waals surface area contributed by atoms with Crippen LogP contribution in [0.15, 0.2) is 59.4 Å². The van der Waals surface area contributed by atoms with Crippen LogP contribution in [0.2, 0.25) is 0 Å². The van der Waals surface area contributed by atoms with E-state index < -0.39 is 17.4 Å². The summed E-state index contributed by atoms with van der Waals surface area (Å²) < 4.78 is 6.25. The van der Waals surface area contributed by atoms with Crippen molar-refractivity contribution in [1.82, 2.24) is 15.0 Å². The summed E-state index contributed by atoms with van der Waals surface area (Å²) in [7, 11) is 0. The molecule has 2 aromatic heterocycles. The molecule has 32 heavy (non-hydrogen) atoms. The SMILES string of the molecule is CCOC(=O)c1c(NC(=O)Cn2nnc3ccccc3c2=O)sc(C)c1-c1ccccc1. The fourth-order valence-electron chi connectivity index (χ4n) is 3.41. The number of anilines is 1. The van der Waals surface area contributed by atoms with Gasteiger partial charge in [-0.2, -0.15) is 0 Å². The van der Waals surface area contributed by atoms with Crippen LogP contribution < -0.4 is 10.9 Å². The van der Waals surface area contributed by atoms with Gasteiger partial charge in [-0.15, -0.1) is 16.4 Å². The monoisotopic (exact) mass is 448 g/mol. The van der Waals surface area contributed by atoms with Gasteiger partial charge in [-0.3, -0.25) is 9.59 Å². The van der Waals surface area contributed by atoms with Gasteiger partial charge < -0.3 is 10.1 Å². The van der Waals surface area contributed by atoms with Crippen LogP contribution in [-0.2, 0) is 16.1 Å². The van der Waals surface area contributed by atoms with Crippen LogP contribution in [0.25, 0.3) is 22.0 Å². The second kappa shape index (κ2) is 9.11. The molecule has 8 nitrogen and oxygen atoms in total. The van der Waals surface area contributed by atoms with Crippen LogP contribution >= 0.6 is 11.3 Å². The third-order valence-corrected chi connectivity index (χ3v) is 5.82. The lowest BCUT2D eigenvalue weighted by Crippen LogP contribution is -2.30. The lowest BCUT2D eigenvalue weighted by atomic mass is 10.0. The first-order valence-corrected chi connectivity index (χ1v) is 10.8. The smallest absolute Gasteiger partial charge is 0.341 e. The van der Waals surface area contributed by atoms with Crippen LogP contribution in [-0.4, -0.2) is 33.5 Å². The molecule has 1 N–H and O–H groups in total. The summed E-state index contributed by atoms with van der Waals surface area (Å²) in [6.07, 6.45) is 0. The molecule has 0 aliphatic heterocycles. The lowest BCUT2D eigenvalue weighted by molar-refractivity contribution is -0.117. The number of amides is 1. The van der Waals surface area contributed by atoms with Crippen LogP contribution in [0.3, 0.4) is 0 Å². The molecule has 0 radical (unpaired) electrons. The normalized spacial score (nSPS) is 10.8. The van der Waals surface area contributed by atoms with E-state index in [-0.39, 0.29) is 13.2 Å².